The van der Waals surface area contributed by atoms with Crippen molar-refractivity contribution in [2.24, 2.45) is 0 Å². The number of hydrogen-bond acceptors (Lipinski definition) is 2. The minimum atomic E-state index is 0.0673. The molecular formula is C13H14Cl2O2. The van der Waals surface area contributed by atoms with Gasteiger partial charge in [0, 0.05) is 33.7 Å². The number of halogens is 2. The third kappa shape index (κ3) is 1.40. The van der Waals surface area contributed by atoms with Crippen molar-refractivity contribution in [3.05, 3.63) is 23.3 Å². The summed E-state index contributed by atoms with van der Waals surface area (Å²) >= 11 is 12.9. The summed E-state index contributed by atoms with van der Waals surface area (Å²) in [4.78, 5) is 0. The molecule has 1 aromatic carbocycles. The average Bonchev–Trinajstić information content (AvgIpc) is 2.78. The van der Waals surface area contributed by atoms with Gasteiger partial charge in [-0.3, -0.25) is 0 Å². The maximum absolute atomic E-state index is 6.50. The van der Waals surface area contributed by atoms with E-state index in [1.54, 1.807) is 14.2 Å². The lowest BCUT2D eigenvalue weighted by Crippen LogP contribution is -2.13. The highest BCUT2D eigenvalue weighted by Gasteiger charge is 2.53. The SMILES string of the molecule is COc1ccc(OC)c2c1C1CC(Cl)C2C1Cl. The van der Waals surface area contributed by atoms with Gasteiger partial charge >= 0.3 is 0 Å². The zero-order valence-corrected chi connectivity index (χ0v) is 11.3. The molecule has 4 atom stereocenters. The zero-order chi connectivity index (χ0) is 12.2. The fraction of sp³-hybridized carbons (Fsp3) is 0.538. The number of ether oxygens (including phenoxy) is 2. The highest BCUT2D eigenvalue weighted by Crippen LogP contribution is 2.61. The van der Waals surface area contributed by atoms with Crippen LogP contribution in [0, 0.1) is 0 Å². The van der Waals surface area contributed by atoms with E-state index in [1.165, 1.54) is 5.56 Å². The Morgan fingerprint density at radius 3 is 2.24 bits per heavy atom. The highest BCUT2D eigenvalue weighted by molar-refractivity contribution is 6.26. The molecule has 17 heavy (non-hydrogen) atoms. The highest BCUT2D eigenvalue weighted by atomic mass is 35.5. The molecule has 2 bridgehead atoms. The Hall–Kier alpha value is -0.600. The summed E-state index contributed by atoms with van der Waals surface area (Å²) in [7, 11) is 3.37. The van der Waals surface area contributed by atoms with Crippen molar-refractivity contribution in [2.75, 3.05) is 14.2 Å². The largest absolute Gasteiger partial charge is 0.496 e. The van der Waals surface area contributed by atoms with Crippen molar-refractivity contribution in [3.8, 4) is 11.5 Å². The summed E-state index contributed by atoms with van der Waals surface area (Å²) in [6, 6.07) is 3.89. The van der Waals surface area contributed by atoms with Gasteiger partial charge in [0.2, 0.25) is 0 Å². The number of hydrogen-bond donors (Lipinski definition) is 0. The Kier molecular flexibility index (Phi) is 2.68. The number of fused-ring (bicyclic) bond motifs is 5. The van der Waals surface area contributed by atoms with Gasteiger partial charge in [-0.1, -0.05) is 0 Å². The van der Waals surface area contributed by atoms with Gasteiger partial charge in [0.1, 0.15) is 11.5 Å². The summed E-state index contributed by atoms with van der Waals surface area (Å²) in [6.07, 6.45) is 0.927. The monoisotopic (exact) mass is 272 g/mol. The molecular weight excluding hydrogens is 259 g/mol. The normalized spacial score (nSPS) is 33.6. The first-order chi connectivity index (χ1) is 8.19. The standard InChI is InChI=1S/C13H14Cl2O2/c1-16-8-3-4-9(17-2)12-10(8)6-5-7(14)11(12)13(6)15/h3-4,6-7,11,13H,5H2,1-2H3. The van der Waals surface area contributed by atoms with Gasteiger partial charge in [-0.15, -0.1) is 23.2 Å². The van der Waals surface area contributed by atoms with Gasteiger partial charge < -0.3 is 9.47 Å². The Morgan fingerprint density at radius 2 is 1.65 bits per heavy atom. The lowest BCUT2D eigenvalue weighted by molar-refractivity contribution is 0.391. The first-order valence-corrected chi connectivity index (χ1v) is 6.59. The van der Waals surface area contributed by atoms with Gasteiger partial charge in [0.25, 0.3) is 0 Å². The zero-order valence-electron chi connectivity index (χ0n) is 9.74. The first kappa shape index (κ1) is 11.5. The molecule has 3 rings (SSSR count). The van der Waals surface area contributed by atoms with Crippen molar-refractivity contribution in [2.45, 2.75) is 29.0 Å². The Morgan fingerprint density at radius 1 is 1.06 bits per heavy atom. The predicted octanol–water partition coefficient (Wildman–Crippen LogP) is 3.50. The minimum absolute atomic E-state index is 0.0673. The number of methoxy groups -OCH3 is 2. The van der Waals surface area contributed by atoms with Gasteiger partial charge in [0.05, 0.1) is 14.2 Å². The van der Waals surface area contributed by atoms with Crippen LogP contribution >= 0.6 is 23.2 Å². The van der Waals surface area contributed by atoms with Crippen molar-refractivity contribution in [3.63, 3.8) is 0 Å². The molecule has 2 nitrogen and oxygen atoms in total. The number of benzene rings is 1. The quantitative estimate of drug-likeness (QED) is 0.768. The molecule has 1 fully saturated rings. The third-order valence-electron chi connectivity index (χ3n) is 3.95. The smallest absolute Gasteiger partial charge is 0.122 e. The molecule has 0 saturated heterocycles. The van der Waals surface area contributed by atoms with Gasteiger partial charge in [-0.05, 0) is 18.6 Å². The van der Waals surface area contributed by atoms with Crippen molar-refractivity contribution in [1.82, 2.24) is 0 Å². The van der Waals surface area contributed by atoms with Crippen LogP contribution in [0.3, 0.4) is 0 Å². The second kappa shape index (κ2) is 3.96. The Labute approximate surface area is 111 Å². The van der Waals surface area contributed by atoms with Gasteiger partial charge in [-0.2, -0.15) is 0 Å². The van der Waals surface area contributed by atoms with Crippen LogP contribution in [0.4, 0.5) is 0 Å². The molecule has 1 saturated carbocycles. The molecule has 2 aliphatic carbocycles. The molecule has 0 N–H and O–H groups in total. The van der Waals surface area contributed by atoms with E-state index in [1.807, 2.05) is 12.1 Å². The van der Waals surface area contributed by atoms with Crippen LogP contribution in [0.2, 0.25) is 0 Å². The third-order valence-corrected chi connectivity index (χ3v) is 4.97. The van der Waals surface area contributed by atoms with Crippen LogP contribution in [-0.2, 0) is 0 Å². The van der Waals surface area contributed by atoms with Crippen molar-refractivity contribution < 1.29 is 9.47 Å². The van der Waals surface area contributed by atoms with Crippen LogP contribution in [0.5, 0.6) is 11.5 Å². The second-order valence-corrected chi connectivity index (χ2v) is 5.69. The van der Waals surface area contributed by atoms with E-state index in [2.05, 4.69) is 0 Å². The Balaban J connectivity index is 2.22. The van der Waals surface area contributed by atoms with E-state index in [0.717, 1.165) is 23.5 Å². The predicted molar refractivity (Wildman–Crippen MR) is 68.9 cm³/mol. The maximum atomic E-state index is 6.50. The Bertz CT molecular complexity index is 461. The van der Waals surface area contributed by atoms with Crippen molar-refractivity contribution in [1.29, 1.82) is 0 Å². The van der Waals surface area contributed by atoms with E-state index in [-0.39, 0.29) is 16.7 Å². The number of alkyl halides is 2. The van der Waals surface area contributed by atoms with Crippen molar-refractivity contribution >= 4 is 23.2 Å². The molecule has 4 heteroatoms. The summed E-state index contributed by atoms with van der Waals surface area (Å²) in [6.45, 7) is 0. The molecule has 0 aromatic heterocycles. The van der Waals surface area contributed by atoms with Gasteiger partial charge in [-0.25, -0.2) is 0 Å². The number of rotatable bonds is 2. The lowest BCUT2D eigenvalue weighted by atomic mass is 9.90. The van der Waals surface area contributed by atoms with E-state index in [9.17, 15) is 0 Å². The van der Waals surface area contributed by atoms with Crippen LogP contribution in [0.15, 0.2) is 12.1 Å². The van der Waals surface area contributed by atoms with Crippen LogP contribution in [0.25, 0.3) is 0 Å². The molecule has 0 heterocycles. The summed E-state index contributed by atoms with van der Waals surface area (Å²) in [5, 5.41) is 0.175. The maximum Gasteiger partial charge on any atom is 0.122 e. The molecule has 0 amide bonds. The molecule has 4 unspecified atom stereocenters. The fourth-order valence-corrected chi connectivity index (χ4v) is 4.34. The van der Waals surface area contributed by atoms with Crippen LogP contribution < -0.4 is 9.47 Å². The average molecular weight is 273 g/mol. The topological polar surface area (TPSA) is 18.5 Å². The van der Waals surface area contributed by atoms with E-state index < -0.39 is 0 Å². The molecule has 0 spiro atoms. The summed E-state index contributed by atoms with van der Waals surface area (Å²) in [5.74, 6) is 2.26. The second-order valence-electron chi connectivity index (χ2n) is 4.63. The molecule has 92 valence electrons. The fourth-order valence-electron chi connectivity index (χ4n) is 3.26. The molecule has 0 radical (unpaired) electrons. The molecule has 1 aromatic rings. The molecule has 2 aliphatic rings. The van der Waals surface area contributed by atoms with E-state index >= 15 is 0 Å². The van der Waals surface area contributed by atoms with Crippen LogP contribution in [-0.4, -0.2) is 25.0 Å². The lowest BCUT2D eigenvalue weighted by Gasteiger charge is -2.23. The minimum Gasteiger partial charge on any atom is -0.496 e. The first-order valence-electron chi connectivity index (χ1n) is 5.72. The van der Waals surface area contributed by atoms with E-state index in [0.29, 0.717) is 5.92 Å². The van der Waals surface area contributed by atoms with Crippen LogP contribution in [0.1, 0.15) is 29.4 Å². The summed E-state index contributed by atoms with van der Waals surface area (Å²) < 4.78 is 10.9. The molecule has 0 aliphatic heterocycles. The van der Waals surface area contributed by atoms with Gasteiger partial charge in [0.15, 0.2) is 0 Å². The summed E-state index contributed by atoms with van der Waals surface area (Å²) in [5.41, 5.74) is 2.36. The van der Waals surface area contributed by atoms with E-state index in [4.69, 9.17) is 32.7 Å².